The molecule has 0 unspecified atom stereocenters. The number of nitrogens with two attached hydrogens (primary N) is 1. The topological polar surface area (TPSA) is 187 Å². The molecular formula is C14H23N3O8. The Morgan fingerprint density at radius 1 is 1.20 bits per heavy atom. The molecule has 0 aromatic carbocycles. The second-order valence-electron chi connectivity index (χ2n) is 5.30. The lowest BCUT2D eigenvalue weighted by Crippen LogP contribution is -2.51. The molecule has 0 aromatic heterocycles. The number of amides is 2. The van der Waals surface area contributed by atoms with Gasteiger partial charge in [-0.3, -0.25) is 19.2 Å². The van der Waals surface area contributed by atoms with E-state index >= 15 is 0 Å². The molecule has 1 fully saturated rings. The van der Waals surface area contributed by atoms with E-state index in [-0.39, 0.29) is 25.3 Å². The number of nitrogens with one attached hydrogen (secondary N) is 1. The lowest BCUT2D eigenvalue weighted by molar-refractivity contribution is -0.144. The van der Waals surface area contributed by atoms with Gasteiger partial charge >= 0.3 is 11.9 Å². The van der Waals surface area contributed by atoms with Gasteiger partial charge in [0.15, 0.2) is 0 Å². The lowest BCUT2D eigenvalue weighted by Gasteiger charge is -2.25. The maximum atomic E-state index is 12.1. The van der Waals surface area contributed by atoms with Gasteiger partial charge in [0.25, 0.3) is 5.97 Å². The van der Waals surface area contributed by atoms with Crippen LogP contribution in [0.1, 0.15) is 32.6 Å². The predicted molar refractivity (Wildman–Crippen MR) is 83.5 cm³/mol. The van der Waals surface area contributed by atoms with Crippen molar-refractivity contribution < 1.29 is 39.3 Å². The van der Waals surface area contributed by atoms with Crippen LogP contribution in [0.15, 0.2) is 0 Å². The van der Waals surface area contributed by atoms with Crippen LogP contribution in [-0.2, 0) is 24.0 Å². The summed E-state index contributed by atoms with van der Waals surface area (Å²) in [5, 5.41) is 27.3. The molecule has 1 saturated heterocycles. The summed E-state index contributed by atoms with van der Waals surface area (Å²) in [4.78, 5) is 55.5. The Bertz CT molecular complexity index is 518. The molecule has 1 aliphatic rings. The van der Waals surface area contributed by atoms with Gasteiger partial charge in [0.05, 0.1) is 6.54 Å². The molecule has 2 amide bonds. The van der Waals surface area contributed by atoms with Gasteiger partial charge in [0, 0.05) is 19.9 Å². The highest BCUT2D eigenvalue weighted by atomic mass is 16.4. The second-order valence-corrected chi connectivity index (χ2v) is 5.30. The molecule has 142 valence electrons. The van der Waals surface area contributed by atoms with Crippen LogP contribution in [0.4, 0.5) is 0 Å². The van der Waals surface area contributed by atoms with Gasteiger partial charge in [0.2, 0.25) is 11.8 Å². The lowest BCUT2D eigenvalue weighted by atomic mass is 10.1. The minimum atomic E-state index is -1.31. The summed E-state index contributed by atoms with van der Waals surface area (Å²) in [5.74, 6) is -4.24. The first-order valence-electron chi connectivity index (χ1n) is 7.54. The van der Waals surface area contributed by atoms with E-state index in [1.54, 1.807) is 0 Å². The fourth-order valence-corrected chi connectivity index (χ4v) is 2.25. The van der Waals surface area contributed by atoms with Crippen molar-refractivity contribution in [3.05, 3.63) is 0 Å². The zero-order valence-corrected chi connectivity index (χ0v) is 13.8. The third kappa shape index (κ3) is 8.65. The molecule has 11 heteroatoms. The van der Waals surface area contributed by atoms with Crippen molar-refractivity contribution in [2.75, 3.05) is 13.1 Å². The van der Waals surface area contributed by atoms with Gasteiger partial charge < -0.3 is 31.3 Å². The fraction of sp³-hybridized carbons (Fsp3) is 0.643. The number of carbonyl (C=O) groups is 5. The highest BCUT2D eigenvalue weighted by molar-refractivity contribution is 5.91. The smallest absolute Gasteiger partial charge is 0.326 e. The van der Waals surface area contributed by atoms with E-state index in [9.17, 15) is 19.2 Å². The summed E-state index contributed by atoms with van der Waals surface area (Å²) >= 11 is 0. The van der Waals surface area contributed by atoms with Gasteiger partial charge in [-0.15, -0.1) is 0 Å². The Morgan fingerprint density at radius 3 is 2.20 bits per heavy atom. The molecule has 2 atom stereocenters. The Labute approximate surface area is 143 Å². The number of carboxylic acid groups (broad SMARTS) is 3. The highest BCUT2D eigenvalue weighted by Crippen LogP contribution is 2.17. The van der Waals surface area contributed by atoms with E-state index < -0.39 is 35.9 Å². The van der Waals surface area contributed by atoms with Crippen LogP contribution in [0, 0.1) is 0 Å². The van der Waals surface area contributed by atoms with Crippen LogP contribution in [-0.4, -0.2) is 75.1 Å². The molecule has 0 spiro atoms. The maximum absolute atomic E-state index is 12.1. The van der Waals surface area contributed by atoms with Crippen molar-refractivity contribution in [2.24, 2.45) is 5.73 Å². The van der Waals surface area contributed by atoms with Crippen LogP contribution in [0.3, 0.4) is 0 Å². The first kappa shape index (κ1) is 22.3. The largest absolute Gasteiger partial charge is 0.481 e. The molecule has 0 bridgehead atoms. The van der Waals surface area contributed by atoms with Crippen LogP contribution >= 0.6 is 0 Å². The minimum Gasteiger partial charge on any atom is -0.481 e. The average molecular weight is 361 g/mol. The molecular weight excluding hydrogens is 338 g/mol. The summed E-state index contributed by atoms with van der Waals surface area (Å²) < 4.78 is 0. The monoisotopic (exact) mass is 361 g/mol. The van der Waals surface area contributed by atoms with E-state index in [0.717, 1.165) is 6.92 Å². The second kappa shape index (κ2) is 11.0. The molecule has 0 aromatic rings. The molecule has 1 rings (SSSR count). The number of hydrogen-bond acceptors (Lipinski definition) is 6. The Balaban J connectivity index is 0.00000129. The van der Waals surface area contributed by atoms with E-state index in [1.807, 2.05) is 0 Å². The summed E-state index contributed by atoms with van der Waals surface area (Å²) in [6.07, 6.45) is 0.487. The third-order valence-electron chi connectivity index (χ3n) is 3.31. The number of carbonyl (C=O) groups excluding carboxylic acids is 2. The third-order valence-corrected chi connectivity index (χ3v) is 3.31. The fourth-order valence-electron chi connectivity index (χ4n) is 2.25. The minimum absolute atomic E-state index is 0.214. The molecule has 6 N–H and O–H groups in total. The van der Waals surface area contributed by atoms with Crippen molar-refractivity contribution in [1.29, 1.82) is 0 Å². The van der Waals surface area contributed by atoms with Crippen LogP contribution in [0.2, 0.25) is 0 Å². The number of carboxylic acids is 3. The summed E-state index contributed by atoms with van der Waals surface area (Å²) in [7, 11) is 0. The van der Waals surface area contributed by atoms with Gasteiger partial charge in [-0.1, -0.05) is 0 Å². The molecule has 11 nitrogen and oxygen atoms in total. The SMILES string of the molecule is CC(=O)O.NCC(=O)N1CCC[C@H]1C(=O)N[C@@H](CCC(=O)O)C(=O)O. The van der Waals surface area contributed by atoms with Crippen LogP contribution in [0.5, 0.6) is 0 Å². The van der Waals surface area contributed by atoms with Crippen LogP contribution < -0.4 is 11.1 Å². The number of hydrogen-bond donors (Lipinski definition) is 5. The van der Waals surface area contributed by atoms with Crippen molar-refractivity contribution in [3.63, 3.8) is 0 Å². The maximum Gasteiger partial charge on any atom is 0.326 e. The van der Waals surface area contributed by atoms with Gasteiger partial charge in [-0.25, -0.2) is 4.79 Å². The molecule has 1 heterocycles. The van der Waals surface area contributed by atoms with Gasteiger partial charge in [0.1, 0.15) is 12.1 Å². The molecule has 1 aliphatic heterocycles. The first-order chi connectivity index (χ1) is 11.6. The Kier molecular flexibility index (Phi) is 9.79. The molecule has 0 saturated carbocycles. The zero-order chi connectivity index (χ0) is 19.6. The van der Waals surface area contributed by atoms with Crippen molar-refractivity contribution >= 4 is 29.7 Å². The standard InChI is InChI=1S/C12H19N3O6.C2H4O2/c13-6-9(16)15-5-1-2-8(15)11(19)14-7(12(20)21)3-4-10(17)18;1-2(3)4/h7-8H,1-6,13H2,(H,14,19)(H,17,18)(H,20,21);1H3,(H,3,4)/t7-,8-;/m0./s1. The average Bonchev–Trinajstić information content (AvgIpc) is 2.98. The quantitative estimate of drug-likeness (QED) is 0.358. The Hall–Kier alpha value is -2.69. The number of aliphatic carboxylic acids is 3. The number of likely N-dealkylation sites (tertiary alicyclic amines) is 1. The summed E-state index contributed by atoms with van der Waals surface area (Å²) in [5.41, 5.74) is 5.26. The van der Waals surface area contributed by atoms with E-state index in [1.165, 1.54) is 4.90 Å². The van der Waals surface area contributed by atoms with E-state index in [0.29, 0.717) is 19.4 Å². The zero-order valence-electron chi connectivity index (χ0n) is 13.8. The number of nitrogens with zero attached hydrogens (tertiary/aromatic N) is 1. The molecule has 25 heavy (non-hydrogen) atoms. The predicted octanol–water partition coefficient (Wildman–Crippen LogP) is -1.54. The van der Waals surface area contributed by atoms with Gasteiger partial charge in [-0.05, 0) is 19.3 Å². The molecule has 0 radical (unpaired) electrons. The normalized spacial score (nSPS) is 17.0. The summed E-state index contributed by atoms with van der Waals surface area (Å²) in [6.45, 7) is 1.27. The van der Waals surface area contributed by atoms with Crippen molar-refractivity contribution in [2.45, 2.75) is 44.7 Å². The van der Waals surface area contributed by atoms with Crippen molar-refractivity contribution in [3.8, 4) is 0 Å². The highest BCUT2D eigenvalue weighted by Gasteiger charge is 2.35. The van der Waals surface area contributed by atoms with E-state index in [4.69, 9.17) is 25.8 Å². The van der Waals surface area contributed by atoms with Gasteiger partial charge in [-0.2, -0.15) is 0 Å². The summed E-state index contributed by atoms with van der Waals surface area (Å²) in [6, 6.07) is -2.03. The number of rotatable bonds is 7. The first-order valence-corrected chi connectivity index (χ1v) is 7.54. The van der Waals surface area contributed by atoms with Crippen molar-refractivity contribution in [1.82, 2.24) is 10.2 Å². The molecule has 0 aliphatic carbocycles. The Morgan fingerprint density at radius 2 is 1.76 bits per heavy atom. The van der Waals surface area contributed by atoms with Crippen LogP contribution in [0.25, 0.3) is 0 Å². The van der Waals surface area contributed by atoms with E-state index in [2.05, 4.69) is 5.32 Å².